The summed E-state index contributed by atoms with van der Waals surface area (Å²) >= 11 is 0. The molecule has 0 saturated heterocycles. The van der Waals surface area contributed by atoms with Crippen LogP contribution in [0.2, 0.25) is 0 Å². The first-order chi connectivity index (χ1) is 9.02. The monoisotopic (exact) mass is 305 g/mol. The second kappa shape index (κ2) is 6.22. The molecule has 0 spiro atoms. The quantitative estimate of drug-likeness (QED) is 0.758. The summed E-state index contributed by atoms with van der Waals surface area (Å²) in [5.74, 6) is 1.50. The molecule has 0 bridgehead atoms. The lowest BCUT2D eigenvalue weighted by atomic mass is 10.0. The van der Waals surface area contributed by atoms with Crippen LogP contribution in [-0.2, 0) is 22.0 Å². The van der Waals surface area contributed by atoms with Crippen LogP contribution in [-0.4, -0.2) is 23.2 Å². The third-order valence-electron chi connectivity index (χ3n) is 3.71. The fourth-order valence-corrected chi connectivity index (χ4v) is 3.71. The lowest BCUT2D eigenvalue weighted by Gasteiger charge is -2.10. The number of rotatable bonds is 6. The highest BCUT2D eigenvalue weighted by atomic mass is 35.7. The lowest BCUT2D eigenvalue weighted by molar-refractivity contribution is 0.481. The van der Waals surface area contributed by atoms with Gasteiger partial charge in [-0.3, -0.25) is 0 Å². The maximum atomic E-state index is 11.4. The van der Waals surface area contributed by atoms with Crippen molar-refractivity contribution in [1.29, 1.82) is 0 Å². The Kier molecular flexibility index (Phi) is 4.84. The molecule has 0 atom stereocenters. The average molecular weight is 306 g/mol. The number of hydrogen-bond donors (Lipinski definition) is 0. The standard InChI is InChI=1S/C12H20ClN3O2S/c1-2-9-16-11(8-7-10-5-3-4-6-10)14-15-12(16)19(13,17)18/h10H,2-9H2,1H3. The summed E-state index contributed by atoms with van der Waals surface area (Å²) in [6.45, 7) is 2.58. The summed E-state index contributed by atoms with van der Waals surface area (Å²) in [4.78, 5) is 0. The van der Waals surface area contributed by atoms with Gasteiger partial charge in [-0.25, -0.2) is 8.42 Å². The van der Waals surface area contributed by atoms with Crippen LogP contribution in [0.5, 0.6) is 0 Å². The van der Waals surface area contributed by atoms with E-state index in [9.17, 15) is 8.42 Å². The Morgan fingerprint density at radius 3 is 2.58 bits per heavy atom. The molecule has 0 aromatic carbocycles. The first-order valence-corrected chi connectivity index (χ1v) is 9.20. The predicted octanol–water partition coefficient (Wildman–Crippen LogP) is 2.74. The van der Waals surface area contributed by atoms with Gasteiger partial charge in [0.1, 0.15) is 5.82 Å². The van der Waals surface area contributed by atoms with Gasteiger partial charge in [0.25, 0.3) is 14.2 Å². The largest absolute Gasteiger partial charge is 0.301 e. The highest BCUT2D eigenvalue weighted by Crippen LogP contribution is 2.28. The molecule has 0 aliphatic heterocycles. The van der Waals surface area contributed by atoms with Gasteiger partial charge in [0.15, 0.2) is 0 Å². The maximum absolute atomic E-state index is 11.4. The van der Waals surface area contributed by atoms with Gasteiger partial charge in [-0.1, -0.05) is 32.6 Å². The fourth-order valence-electron chi connectivity index (χ4n) is 2.76. The summed E-state index contributed by atoms with van der Waals surface area (Å²) in [6.07, 6.45) is 7.86. The van der Waals surface area contributed by atoms with E-state index in [-0.39, 0.29) is 5.16 Å². The second-order valence-corrected chi connectivity index (χ2v) is 7.64. The SMILES string of the molecule is CCCn1c(CCC2CCCC2)nnc1S(=O)(=O)Cl. The summed E-state index contributed by atoms with van der Waals surface area (Å²) in [5.41, 5.74) is 0. The van der Waals surface area contributed by atoms with E-state index in [0.29, 0.717) is 6.54 Å². The van der Waals surface area contributed by atoms with Crippen molar-refractivity contribution >= 4 is 19.7 Å². The molecule has 108 valence electrons. The first kappa shape index (κ1) is 14.8. The normalized spacial score (nSPS) is 17.2. The number of aryl methyl sites for hydroxylation is 1. The van der Waals surface area contributed by atoms with Gasteiger partial charge in [-0.05, 0) is 18.8 Å². The molecule has 1 aromatic heterocycles. The third kappa shape index (κ3) is 3.69. The van der Waals surface area contributed by atoms with E-state index in [1.165, 1.54) is 25.7 Å². The van der Waals surface area contributed by atoms with E-state index in [4.69, 9.17) is 10.7 Å². The average Bonchev–Trinajstić information content (AvgIpc) is 2.94. The Bertz CT molecular complexity index is 521. The van der Waals surface area contributed by atoms with Crippen molar-refractivity contribution in [2.45, 2.75) is 63.6 Å². The summed E-state index contributed by atoms with van der Waals surface area (Å²) in [7, 11) is 1.58. The number of aromatic nitrogens is 3. The molecule has 5 nitrogen and oxygen atoms in total. The minimum atomic E-state index is -3.81. The van der Waals surface area contributed by atoms with Crippen LogP contribution in [0.15, 0.2) is 5.16 Å². The van der Waals surface area contributed by atoms with Crippen LogP contribution in [0.4, 0.5) is 0 Å². The van der Waals surface area contributed by atoms with Gasteiger partial charge >= 0.3 is 0 Å². The van der Waals surface area contributed by atoms with Gasteiger partial charge in [0.05, 0.1) is 0 Å². The zero-order valence-corrected chi connectivity index (χ0v) is 12.8. The van der Waals surface area contributed by atoms with Crippen LogP contribution in [0, 0.1) is 5.92 Å². The van der Waals surface area contributed by atoms with Crippen molar-refractivity contribution in [1.82, 2.24) is 14.8 Å². The van der Waals surface area contributed by atoms with Gasteiger partial charge in [0, 0.05) is 23.6 Å². The van der Waals surface area contributed by atoms with Crippen LogP contribution in [0.25, 0.3) is 0 Å². The molecular weight excluding hydrogens is 286 g/mol. The van der Waals surface area contributed by atoms with Crippen LogP contribution in [0.1, 0.15) is 51.3 Å². The molecule has 0 amide bonds. The molecular formula is C12H20ClN3O2S. The van der Waals surface area contributed by atoms with E-state index in [0.717, 1.165) is 31.0 Å². The maximum Gasteiger partial charge on any atom is 0.296 e. The highest BCUT2D eigenvalue weighted by Gasteiger charge is 2.23. The molecule has 0 unspecified atom stereocenters. The third-order valence-corrected chi connectivity index (χ3v) is 4.86. The second-order valence-electron chi connectivity index (χ2n) is 5.18. The zero-order chi connectivity index (χ0) is 13.9. The van der Waals surface area contributed by atoms with E-state index >= 15 is 0 Å². The molecule has 1 aliphatic rings. The molecule has 1 aliphatic carbocycles. The fraction of sp³-hybridized carbons (Fsp3) is 0.833. The molecule has 1 aromatic rings. The zero-order valence-electron chi connectivity index (χ0n) is 11.2. The minimum Gasteiger partial charge on any atom is -0.301 e. The van der Waals surface area contributed by atoms with Crippen molar-refractivity contribution in [3.8, 4) is 0 Å². The molecule has 7 heteroatoms. The Labute approximate surface area is 118 Å². The van der Waals surface area contributed by atoms with Crippen LogP contribution < -0.4 is 0 Å². The Balaban J connectivity index is 2.13. The first-order valence-electron chi connectivity index (χ1n) is 6.89. The Morgan fingerprint density at radius 2 is 2.00 bits per heavy atom. The van der Waals surface area contributed by atoms with Crippen molar-refractivity contribution in [3.63, 3.8) is 0 Å². The van der Waals surface area contributed by atoms with Gasteiger partial charge in [0.2, 0.25) is 0 Å². The van der Waals surface area contributed by atoms with Crippen molar-refractivity contribution in [3.05, 3.63) is 5.82 Å². The summed E-state index contributed by atoms with van der Waals surface area (Å²) < 4.78 is 24.5. The number of hydrogen-bond acceptors (Lipinski definition) is 4. The number of halogens is 1. The summed E-state index contributed by atoms with van der Waals surface area (Å²) in [5, 5.41) is 7.64. The molecule has 0 N–H and O–H groups in total. The Morgan fingerprint density at radius 1 is 1.32 bits per heavy atom. The predicted molar refractivity (Wildman–Crippen MR) is 73.6 cm³/mol. The molecule has 1 saturated carbocycles. The minimum absolute atomic E-state index is 0.113. The van der Waals surface area contributed by atoms with E-state index < -0.39 is 9.05 Å². The number of nitrogens with zero attached hydrogens (tertiary/aromatic N) is 3. The van der Waals surface area contributed by atoms with E-state index in [1.807, 2.05) is 6.92 Å². The van der Waals surface area contributed by atoms with Gasteiger partial charge in [-0.15, -0.1) is 10.2 Å². The topological polar surface area (TPSA) is 64.8 Å². The van der Waals surface area contributed by atoms with Crippen LogP contribution >= 0.6 is 10.7 Å². The Hall–Kier alpha value is -0.620. The van der Waals surface area contributed by atoms with Gasteiger partial charge < -0.3 is 4.57 Å². The lowest BCUT2D eigenvalue weighted by Crippen LogP contribution is -2.10. The van der Waals surface area contributed by atoms with Crippen LogP contribution in [0.3, 0.4) is 0 Å². The molecule has 19 heavy (non-hydrogen) atoms. The molecule has 1 fully saturated rings. The highest BCUT2D eigenvalue weighted by molar-refractivity contribution is 8.13. The van der Waals surface area contributed by atoms with Crippen molar-refractivity contribution < 1.29 is 8.42 Å². The van der Waals surface area contributed by atoms with E-state index in [1.54, 1.807) is 4.57 Å². The summed E-state index contributed by atoms with van der Waals surface area (Å²) in [6, 6.07) is 0. The van der Waals surface area contributed by atoms with Crippen molar-refractivity contribution in [2.24, 2.45) is 5.92 Å². The molecule has 1 heterocycles. The molecule has 2 rings (SSSR count). The molecule has 0 radical (unpaired) electrons. The van der Waals surface area contributed by atoms with Crippen molar-refractivity contribution in [2.75, 3.05) is 0 Å². The van der Waals surface area contributed by atoms with E-state index in [2.05, 4.69) is 10.2 Å². The smallest absolute Gasteiger partial charge is 0.296 e. The van der Waals surface area contributed by atoms with Gasteiger partial charge in [-0.2, -0.15) is 0 Å².